The summed E-state index contributed by atoms with van der Waals surface area (Å²) in [5, 5.41) is -1.44. The zero-order chi connectivity index (χ0) is 16.1. The Labute approximate surface area is 132 Å². The zero-order valence-corrected chi connectivity index (χ0v) is 13.4. The fourth-order valence-electron chi connectivity index (χ4n) is 2.19. The molecule has 2 atom stereocenters. The maximum atomic E-state index is 12.5. The van der Waals surface area contributed by atoms with Crippen molar-refractivity contribution in [3.8, 4) is 0 Å². The van der Waals surface area contributed by atoms with E-state index >= 15 is 0 Å². The number of hydrogen-bond donors (Lipinski definition) is 0. The van der Waals surface area contributed by atoms with Gasteiger partial charge < -0.3 is 0 Å². The van der Waals surface area contributed by atoms with Crippen LogP contribution >= 0.6 is 0 Å². The number of rotatable bonds is 6. The topological polar surface area (TPSA) is 51.2 Å². The summed E-state index contributed by atoms with van der Waals surface area (Å²) in [7, 11) is -1.57. The molecule has 0 aromatic heterocycles. The van der Waals surface area contributed by atoms with Gasteiger partial charge in [-0.3, -0.25) is 13.8 Å². The van der Waals surface area contributed by atoms with Gasteiger partial charge in [0.25, 0.3) is 0 Å². The molecule has 0 radical (unpaired) electrons. The first kappa shape index (κ1) is 16.3. The SMILES string of the molecule is CC(C(=O)c1ccccc1)S(=O)C(C)C(=O)c1ccccc1. The predicted octanol–water partition coefficient (Wildman–Crippen LogP) is 3.28. The van der Waals surface area contributed by atoms with Crippen LogP contribution < -0.4 is 0 Å². The molecule has 0 saturated carbocycles. The second-order valence-corrected chi connectivity index (χ2v) is 7.14. The van der Waals surface area contributed by atoms with E-state index in [1.807, 2.05) is 12.1 Å². The molecule has 2 rings (SSSR count). The fraction of sp³-hybridized carbons (Fsp3) is 0.222. The molecule has 0 N–H and O–H groups in total. The Morgan fingerprint density at radius 3 is 1.36 bits per heavy atom. The van der Waals surface area contributed by atoms with Crippen molar-refractivity contribution in [2.24, 2.45) is 0 Å². The highest BCUT2D eigenvalue weighted by Gasteiger charge is 2.29. The van der Waals surface area contributed by atoms with Crippen molar-refractivity contribution < 1.29 is 13.8 Å². The minimum Gasteiger partial charge on any atom is -0.293 e. The first-order valence-corrected chi connectivity index (χ1v) is 8.38. The smallest absolute Gasteiger partial charge is 0.178 e. The Morgan fingerprint density at radius 1 is 0.727 bits per heavy atom. The third-order valence-corrected chi connectivity index (χ3v) is 5.37. The molecular weight excluding hydrogens is 296 g/mol. The lowest BCUT2D eigenvalue weighted by Gasteiger charge is -2.16. The van der Waals surface area contributed by atoms with Crippen LogP contribution in [0.15, 0.2) is 60.7 Å². The van der Waals surface area contributed by atoms with Crippen LogP contribution in [0.5, 0.6) is 0 Å². The quantitative estimate of drug-likeness (QED) is 0.769. The molecule has 0 saturated heterocycles. The van der Waals surface area contributed by atoms with E-state index in [4.69, 9.17) is 0 Å². The molecule has 0 spiro atoms. The number of carbonyl (C=O) groups is 2. The molecule has 2 aromatic rings. The van der Waals surface area contributed by atoms with Crippen LogP contribution in [-0.2, 0) is 10.8 Å². The molecule has 22 heavy (non-hydrogen) atoms. The lowest BCUT2D eigenvalue weighted by atomic mass is 10.1. The van der Waals surface area contributed by atoms with Crippen molar-refractivity contribution in [3.63, 3.8) is 0 Å². The van der Waals surface area contributed by atoms with Gasteiger partial charge in [0.05, 0.1) is 10.5 Å². The van der Waals surface area contributed by atoms with E-state index in [9.17, 15) is 13.8 Å². The number of carbonyl (C=O) groups excluding carboxylic acids is 2. The first-order valence-electron chi connectivity index (χ1n) is 7.10. The summed E-state index contributed by atoms with van der Waals surface area (Å²) >= 11 is 0. The van der Waals surface area contributed by atoms with Crippen molar-refractivity contribution in [3.05, 3.63) is 71.8 Å². The molecule has 0 bridgehead atoms. The van der Waals surface area contributed by atoms with Crippen LogP contribution in [0.25, 0.3) is 0 Å². The van der Waals surface area contributed by atoms with E-state index in [0.29, 0.717) is 11.1 Å². The Bertz CT molecular complexity index is 620. The van der Waals surface area contributed by atoms with Crippen molar-refractivity contribution in [1.82, 2.24) is 0 Å². The molecule has 0 aliphatic heterocycles. The molecular formula is C18H18O3S. The van der Waals surface area contributed by atoms with Crippen LogP contribution in [-0.4, -0.2) is 26.3 Å². The van der Waals surface area contributed by atoms with Gasteiger partial charge in [-0.05, 0) is 13.8 Å². The second kappa shape index (κ2) is 7.27. The highest BCUT2D eigenvalue weighted by molar-refractivity contribution is 7.87. The molecule has 2 aromatic carbocycles. The van der Waals surface area contributed by atoms with Crippen molar-refractivity contribution >= 4 is 22.4 Å². The molecule has 0 fully saturated rings. The van der Waals surface area contributed by atoms with E-state index in [1.165, 1.54) is 0 Å². The molecule has 0 amide bonds. The van der Waals surface area contributed by atoms with Crippen LogP contribution in [0.2, 0.25) is 0 Å². The van der Waals surface area contributed by atoms with Gasteiger partial charge in [0.15, 0.2) is 11.6 Å². The molecule has 4 heteroatoms. The molecule has 114 valence electrons. The Kier molecular flexibility index (Phi) is 5.39. The highest BCUT2D eigenvalue weighted by atomic mass is 32.2. The lowest BCUT2D eigenvalue weighted by Crippen LogP contribution is -2.33. The fourth-order valence-corrected chi connectivity index (χ4v) is 3.50. The van der Waals surface area contributed by atoms with Gasteiger partial charge in [-0.25, -0.2) is 0 Å². The highest BCUT2D eigenvalue weighted by Crippen LogP contribution is 2.15. The Morgan fingerprint density at radius 2 is 1.05 bits per heavy atom. The van der Waals surface area contributed by atoms with Gasteiger partial charge in [-0.15, -0.1) is 0 Å². The summed E-state index contributed by atoms with van der Waals surface area (Å²) in [6, 6.07) is 17.5. The van der Waals surface area contributed by atoms with E-state index in [0.717, 1.165) is 0 Å². The molecule has 0 aliphatic carbocycles. The standard InChI is InChI=1S/C18H18O3S/c1-13(17(19)15-9-5-3-6-10-15)22(21)14(2)18(20)16-11-7-4-8-12-16/h3-14H,1-2H3. The third-order valence-electron chi connectivity index (χ3n) is 3.55. The Balaban J connectivity index is 2.13. The minimum absolute atomic E-state index is 0.202. The number of hydrogen-bond acceptors (Lipinski definition) is 3. The summed E-state index contributed by atoms with van der Waals surface area (Å²) in [5.41, 5.74) is 1.03. The van der Waals surface area contributed by atoms with Gasteiger partial charge >= 0.3 is 0 Å². The van der Waals surface area contributed by atoms with Crippen LogP contribution in [0.4, 0.5) is 0 Å². The minimum atomic E-state index is -1.57. The van der Waals surface area contributed by atoms with Gasteiger partial charge in [0.1, 0.15) is 0 Å². The van der Waals surface area contributed by atoms with Crippen LogP contribution in [0, 0.1) is 0 Å². The largest absolute Gasteiger partial charge is 0.293 e. The average molecular weight is 314 g/mol. The van der Waals surface area contributed by atoms with Crippen molar-refractivity contribution in [1.29, 1.82) is 0 Å². The molecule has 0 heterocycles. The second-order valence-electron chi connectivity index (χ2n) is 5.07. The van der Waals surface area contributed by atoms with Gasteiger partial charge in [-0.2, -0.15) is 0 Å². The van der Waals surface area contributed by atoms with Crippen molar-refractivity contribution in [2.75, 3.05) is 0 Å². The molecule has 2 unspecified atom stereocenters. The number of ketones is 2. The predicted molar refractivity (Wildman–Crippen MR) is 88.6 cm³/mol. The van der Waals surface area contributed by atoms with Crippen LogP contribution in [0.1, 0.15) is 34.6 Å². The maximum Gasteiger partial charge on any atom is 0.178 e. The summed E-state index contributed by atoms with van der Waals surface area (Å²) in [6.07, 6.45) is 0. The Hall–Kier alpha value is -2.07. The van der Waals surface area contributed by atoms with E-state index in [2.05, 4.69) is 0 Å². The third kappa shape index (κ3) is 3.57. The first-order chi connectivity index (χ1) is 10.5. The van der Waals surface area contributed by atoms with E-state index < -0.39 is 21.3 Å². The maximum absolute atomic E-state index is 12.5. The van der Waals surface area contributed by atoms with E-state index in [-0.39, 0.29) is 11.6 Å². The summed E-state index contributed by atoms with van der Waals surface area (Å²) in [6.45, 7) is 3.22. The van der Waals surface area contributed by atoms with Gasteiger partial charge in [0, 0.05) is 21.9 Å². The number of benzene rings is 2. The normalized spacial score (nSPS) is 14.8. The van der Waals surface area contributed by atoms with Crippen molar-refractivity contribution in [2.45, 2.75) is 24.3 Å². The average Bonchev–Trinajstić information content (AvgIpc) is 2.60. The number of Topliss-reactive ketones (excluding diaryl/α,β-unsaturated/α-hetero) is 2. The summed E-state index contributed by atoms with van der Waals surface area (Å²) < 4.78 is 12.5. The monoisotopic (exact) mass is 314 g/mol. The molecule has 3 nitrogen and oxygen atoms in total. The van der Waals surface area contributed by atoms with E-state index in [1.54, 1.807) is 62.4 Å². The van der Waals surface area contributed by atoms with Gasteiger partial charge in [-0.1, -0.05) is 60.7 Å². The summed E-state index contributed by atoms with van der Waals surface area (Å²) in [5.74, 6) is -0.404. The zero-order valence-electron chi connectivity index (χ0n) is 12.6. The molecule has 0 aliphatic rings. The summed E-state index contributed by atoms with van der Waals surface area (Å²) in [4.78, 5) is 24.7. The van der Waals surface area contributed by atoms with Gasteiger partial charge in [0.2, 0.25) is 0 Å². The van der Waals surface area contributed by atoms with Crippen LogP contribution in [0.3, 0.4) is 0 Å². The lowest BCUT2D eigenvalue weighted by molar-refractivity contribution is 0.0990.